The summed E-state index contributed by atoms with van der Waals surface area (Å²) in [7, 11) is 0. The average Bonchev–Trinajstić information content (AvgIpc) is 2.35. The minimum atomic E-state index is 0.538. The van der Waals surface area contributed by atoms with Gasteiger partial charge in [-0.05, 0) is 51.8 Å². The molecule has 0 aromatic heterocycles. The lowest BCUT2D eigenvalue weighted by Gasteiger charge is -2.08. The topological polar surface area (TPSA) is 12.0 Å². The molecule has 0 fully saturated rings. The summed E-state index contributed by atoms with van der Waals surface area (Å²) < 4.78 is 0.891. The lowest BCUT2D eigenvalue weighted by molar-refractivity contribution is 1.15. The van der Waals surface area contributed by atoms with Crippen molar-refractivity contribution in [3.63, 3.8) is 0 Å². The monoisotopic (exact) mass is 363 g/mol. The number of benzene rings is 2. The normalized spacial score (nSPS) is 10.4. The van der Waals surface area contributed by atoms with Gasteiger partial charge in [0.05, 0.1) is 15.1 Å². The average molecular weight is 365 g/mol. The first kappa shape index (κ1) is 14.0. The Bertz CT molecular complexity index is 521. The standard InChI is InChI=1S/C13H9BrCl3N/c14-10-3-1-8(5-12(10)16)7-18-9-2-4-11(15)13(17)6-9/h1-6,18H,7H2. The Balaban J connectivity index is 2.06. The first-order chi connectivity index (χ1) is 8.56. The minimum absolute atomic E-state index is 0.538. The molecular formula is C13H9BrCl3N. The van der Waals surface area contributed by atoms with Crippen LogP contribution in [-0.2, 0) is 6.54 Å². The van der Waals surface area contributed by atoms with Crippen molar-refractivity contribution >= 4 is 56.4 Å². The number of hydrogen-bond acceptors (Lipinski definition) is 1. The van der Waals surface area contributed by atoms with E-state index in [1.165, 1.54) is 0 Å². The van der Waals surface area contributed by atoms with E-state index in [2.05, 4.69) is 21.2 Å². The van der Waals surface area contributed by atoms with E-state index >= 15 is 0 Å². The van der Waals surface area contributed by atoms with Crippen LogP contribution in [0.3, 0.4) is 0 Å². The molecule has 0 unspecified atom stereocenters. The van der Waals surface area contributed by atoms with E-state index < -0.39 is 0 Å². The van der Waals surface area contributed by atoms with Gasteiger partial charge in [0.2, 0.25) is 0 Å². The number of anilines is 1. The fraction of sp³-hybridized carbons (Fsp3) is 0.0769. The summed E-state index contributed by atoms with van der Waals surface area (Å²) in [5, 5.41) is 5.04. The summed E-state index contributed by atoms with van der Waals surface area (Å²) >= 11 is 21.2. The Labute approximate surface area is 129 Å². The molecule has 0 aliphatic carbocycles. The molecule has 0 amide bonds. The molecule has 0 aliphatic heterocycles. The van der Waals surface area contributed by atoms with Crippen LogP contribution in [-0.4, -0.2) is 0 Å². The van der Waals surface area contributed by atoms with Crippen molar-refractivity contribution < 1.29 is 0 Å². The van der Waals surface area contributed by atoms with E-state index in [0.29, 0.717) is 21.6 Å². The molecule has 0 aliphatic rings. The van der Waals surface area contributed by atoms with Gasteiger partial charge in [-0.25, -0.2) is 0 Å². The van der Waals surface area contributed by atoms with Crippen LogP contribution in [0.15, 0.2) is 40.9 Å². The van der Waals surface area contributed by atoms with Crippen LogP contribution in [0.4, 0.5) is 5.69 Å². The van der Waals surface area contributed by atoms with Gasteiger partial charge >= 0.3 is 0 Å². The molecule has 18 heavy (non-hydrogen) atoms. The molecule has 94 valence electrons. The number of hydrogen-bond donors (Lipinski definition) is 1. The van der Waals surface area contributed by atoms with Gasteiger partial charge in [0.15, 0.2) is 0 Å². The molecule has 2 rings (SSSR count). The summed E-state index contributed by atoms with van der Waals surface area (Å²) in [4.78, 5) is 0. The van der Waals surface area contributed by atoms with Crippen molar-refractivity contribution in [2.75, 3.05) is 5.32 Å². The highest BCUT2D eigenvalue weighted by Gasteiger charge is 2.01. The minimum Gasteiger partial charge on any atom is -0.381 e. The first-order valence-electron chi connectivity index (χ1n) is 5.19. The van der Waals surface area contributed by atoms with Crippen molar-refractivity contribution in [2.45, 2.75) is 6.54 Å². The van der Waals surface area contributed by atoms with E-state index in [0.717, 1.165) is 15.7 Å². The fourth-order valence-corrected chi connectivity index (χ4v) is 2.21. The Kier molecular flexibility index (Phi) is 4.79. The van der Waals surface area contributed by atoms with Crippen LogP contribution in [0.25, 0.3) is 0 Å². The van der Waals surface area contributed by atoms with Crippen LogP contribution in [0, 0.1) is 0 Å². The third-order valence-electron chi connectivity index (χ3n) is 2.40. The van der Waals surface area contributed by atoms with Crippen LogP contribution < -0.4 is 5.32 Å². The van der Waals surface area contributed by atoms with E-state index in [1.54, 1.807) is 12.1 Å². The second kappa shape index (κ2) is 6.16. The second-order valence-electron chi connectivity index (χ2n) is 3.73. The summed E-state index contributed by atoms with van der Waals surface area (Å²) in [6.45, 7) is 0.672. The van der Waals surface area contributed by atoms with Gasteiger partial charge in [-0.15, -0.1) is 0 Å². The van der Waals surface area contributed by atoms with E-state index in [9.17, 15) is 0 Å². The second-order valence-corrected chi connectivity index (χ2v) is 5.81. The Hall–Kier alpha value is -0.410. The summed E-state index contributed by atoms with van der Waals surface area (Å²) in [6.07, 6.45) is 0. The third-order valence-corrected chi connectivity index (χ3v) is 4.37. The van der Waals surface area contributed by atoms with Crippen LogP contribution in [0.5, 0.6) is 0 Å². The Morgan fingerprint density at radius 2 is 1.67 bits per heavy atom. The van der Waals surface area contributed by atoms with Gasteiger partial charge in [-0.1, -0.05) is 40.9 Å². The molecule has 2 aromatic carbocycles. The maximum Gasteiger partial charge on any atom is 0.0612 e. The molecule has 5 heteroatoms. The van der Waals surface area contributed by atoms with Gasteiger partial charge in [0.25, 0.3) is 0 Å². The number of rotatable bonds is 3. The Morgan fingerprint density at radius 3 is 2.33 bits per heavy atom. The van der Waals surface area contributed by atoms with Crippen molar-refractivity contribution in [3.8, 4) is 0 Å². The quantitative estimate of drug-likeness (QED) is 0.701. The lowest BCUT2D eigenvalue weighted by Crippen LogP contribution is -1.99. The maximum absolute atomic E-state index is 6.03. The molecular weight excluding hydrogens is 356 g/mol. The van der Waals surface area contributed by atoms with Gasteiger partial charge in [-0.2, -0.15) is 0 Å². The van der Waals surface area contributed by atoms with Gasteiger partial charge in [-0.3, -0.25) is 0 Å². The molecule has 0 saturated carbocycles. The number of nitrogens with one attached hydrogen (secondary N) is 1. The summed E-state index contributed by atoms with van der Waals surface area (Å²) in [5.41, 5.74) is 2.01. The molecule has 0 bridgehead atoms. The molecule has 1 nitrogen and oxygen atoms in total. The zero-order valence-corrected chi connectivity index (χ0v) is 13.0. The zero-order chi connectivity index (χ0) is 13.1. The molecule has 1 N–H and O–H groups in total. The maximum atomic E-state index is 6.03. The first-order valence-corrected chi connectivity index (χ1v) is 7.12. The van der Waals surface area contributed by atoms with Crippen molar-refractivity contribution in [3.05, 3.63) is 61.5 Å². The van der Waals surface area contributed by atoms with E-state index in [-0.39, 0.29) is 0 Å². The van der Waals surface area contributed by atoms with Gasteiger partial charge < -0.3 is 5.32 Å². The van der Waals surface area contributed by atoms with Crippen molar-refractivity contribution in [1.29, 1.82) is 0 Å². The predicted octanol–water partition coefficient (Wildman–Crippen LogP) is 6.02. The fourth-order valence-electron chi connectivity index (χ4n) is 1.46. The molecule has 0 saturated heterocycles. The van der Waals surface area contributed by atoms with E-state index in [1.807, 2.05) is 24.3 Å². The lowest BCUT2D eigenvalue weighted by atomic mass is 10.2. The predicted molar refractivity (Wildman–Crippen MR) is 82.9 cm³/mol. The highest BCUT2D eigenvalue weighted by atomic mass is 79.9. The van der Waals surface area contributed by atoms with Crippen molar-refractivity contribution in [1.82, 2.24) is 0 Å². The molecule has 0 atom stereocenters. The largest absolute Gasteiger partial charge is 0.381 e. The van der Waals surface area contributed by atoms with Gasteiger partial charge in [0.1, 0.15) is 0 Å². The molecule has 2 aromatic rings. The highest BCUT2D eigenvalue weighted by molar-refractivity contribution is 9.10. The van der Waals surface area contributed by atoms with Crippen LogP contribution >= 0.6 is 50.7 Å². The van der Waals surface area contributed by atoms with Gasteiger partial charge in [0, 0.05) is 16.7 Å². The molecule has 0 heterocycles. The SMILES string of the molecule is Clc1ccc(NCc2ccc(Br)c(Cl)c2)cc1Cl. The van der Waals surface area contributed by atoms with Crippen molar-refractivity contribution in [2.24, 2.45) is 0 Å². The smallest absolute Gasteiger partial charge is 0.0612 e. The summed E-state index contributed by atoms with van der Waals surface area (Å²) in [6, 6.07) is 11.3. The van der Waals surface area contributed by atoms with Crippen LogP contribution in [0.1, 0.15) is 5.56 Å². The zero-order valence-electron chi connectivity index (χ0n) is 9.18. The highest BCUT2D eigenvalue weighted by Crippen LogP contribution is 2.26. The Morgan fingerprint density at radius 1 is 0.889 bits per heavy atom. The van der Waals surface area contributed by atoms with E-state index in [4.69, 9.17) is 34.8 Å². The molecule has 0 radical (unpaired) electrons. The molecule has 0 spiro atoms. The summed E-state index contributed by atoms with van der Waals surface area (Å²) in [5.74, 6) is 0. The third kappa shape index (κ3) is 3.55. The number of halogens is 4. The van der Waals surface area contributed by atoms with Crippen LogP contribution in [0.2, 0.25) is 15.1 Å².